The van der Waals surface area contributed by atoms with Gasteiger partial charge in [0.25, 0.3) is 0 Å². The van der Waals surface area contributed by atoms with Crippen molar-refractivity contribution in [3.8, 4) is 11.1 Å². The second-order valence-electron chi connectivity index (χ2n) is 7.00. The van der Waals surface area contributed by atoms with Gasteiger partial charge in [-0.25, -0.2) is 0 Å². The van der Waals surface area contributed by atoms with Gasteiger partial charge in [0.05, 0.1) is 12.0 Å². The van der Waals surface area contributed by atoms with Crippen LogP contribution in [0, 0.1) is 0 Å². The smallest absolute Gasteiger partial charge is 0.417 e. The van der Waals surface area contributed by atoms with Crippen molar-refractivity contribution in [3.63, 3.8) is 0 Å². The van der Waals surface area contributed by atoms with Crippen LogP contribution in [0.25, 0.3) is 11.1 Å². The summed E-state index contributed by atoms with van der Waals surface area (Å²) in [6.07, 6.45) is -4.38. The summed E-state index contributed by atoms with van der Waals surface area (Å²) in [5, 5.41) is 11.7. The Bertz CT molecular complexity index is 1010. The lowest BCUT2D eigenvalue weighted by Gasteiger charge is -2.15. The quantitative estimate of drug-likeness (QED) is 0.303. The predicted molar refractivity (Wildman–Crippen MR) is 117 cm³/mol. The molecular weight excluding hydrogens is 423 g/mol. The Morgan fingerprint density at radius 1 is 0.903 bits per heavy atom. The Morgan fingerprint density at radius 2 is 1.58 bits per heavy atom. The minimum atomic E-state index is -4.43. The zero-order valence-electron chi connectivity index (χ0n) is 16.7. The Balaban J connectivity index is 1.66. The number of carboxylic acids is 1. The first-order valence-electron chi connectivity index (χ1n) is 9.73. The Kier molecular flexibility index (Phi) is 7.76. The van der Waals surface area contributed by atoms with Gasteiger partial charge in [0.2, 0.25) is 0 Å². The van der Waals surface area contributed by atoms with E-state index in [0.717, 1.165) is 28.5 Å². The topological polar surface area (TPSA) is 49.3 Å². The number of benzene rings is 3. The van der Waals surface area contributed by atoms with Crippen molar-refractivity contribution in [1.82, 2.24) is 5.32 Å². The summed E-state index contributed by atoms with van der Waals surface area (Å²) < 4.78 is 41.0. The first-order valence-corrected chi connectivity index (χ1v) is 10.7. The molecule has 0 bridgehead atoms. The maximum Gasteiger partial charge on any atom is 0.417 e. The molecule has 3 aromatic carbocycles. The van der Waals surface area contributed by atoms with Crippen LogP contribution in [-0.4, -0.2) is 17.6 Å². The highest BCUT2D eigenvalue weighted by molar-refractivity contribution is 7.98. The summed E-state index contributed by atoms with van der Waals surface area (Å²) in [6.45, 7) is 0.923. The van der Waals surface area contributed by atoms with E-state index in [1.54, 1.807) is 30.3 Å². The van der Waals surface area contributed by atoms with Crippen LogP contribution in [0.3, 0.4) is 0 Å². The van der Waals surface area contributed by atoms with Gasteiger partial charge >= 0.3 is 12.1 Å². The van der Waals surface area contributed by atoms with Crippen LogP contribution in [-0.2, 0) is 23.3 Å². The molecule has 2 N–H and O–H groups in total. The van der Waals surface area contributed by atoms with Gasteiger partial charge in [-0.15, -0.1) is 11.8 Å². The third kappa shape index (κ3) is 6.87. The van der Waals surface area contributed by atoms with Crippen LogP contribution < -0.4 is 5.32 Å². The molecule has 31 heavy (non-hydrogen) atoms. The van der Waals surface area contributed by atoms with Gasteiger partial charge in [0, 0.05) is 23.7 Å². The second-order valence-corrected chi connectivity index (χ2v) is 8.02. The second kappa shape index (κ2) is 10.5. The fraction of sp³-hybridized carbons (Fsp3) is 0.208. The maximum absolute atomic E-state index is 13.7. The van der Waals surface area contributed by atoms with Crippen molar-refractivity contribution < 1.29 is 23.1 Å². The number of alkyl halides is 3. The van der Waals surface area contributed by atoms with Gasteiger partial charge in [-0.2, -0.15) is 13.2 Å². The number of carboxylic acid groups (broad SMARTS) is 1. The zero-order chi connectivity index (χ0) is 22.3. The lowest BCUT2D eigenvalue weighted by Crippen LogP contribution is -2.17. The Hall–Kier alpha value is -2.77. The molecule has 0 aliphatic heterocycles. The number of aliphatic carboxylic acids is 1. The van der Waals surface area contributed by atoms with Crippen molar-refractivity contribution in [1.29, 1.82) is 0 Å². The third-order valence-corrected chi connectivity index (χ3v) is 5.80. The van der Waals surface area contributed by atoms with E-state index in [9.17, 15) is 18.0 Å². The number of carbonyl (C=O) groups is 1. The van der Waals surface area contributed by atoms with Crippen molar-refractivity contribution >= 4 is 17.7 Å². The Labute approximate surface area is 183 Å². The highest BCUT2D eigenvalue weighted by Crippen LogP contribution is 2.40. The summed E-state index contributed by atoms with van der Waals surface area (Å²) in [6, 6.07) is 21.0. The first kappa shape index (κ1) is 22.9. The summed E-state index contributed by atoms with van der Waals surface area (Å²) in [7, 11) is 0. The van der Waals surface area contributed by atoms with E-state index >= 15 is 0 Å². The standard InChI is InChI=1S/C24H22F3NO2S/c25-24(26,27)21-14-20(19-4-2-1-3-5-19)10-11-22(21)31-16-18-8-6-17(7-9-18)15-28-13-12-23(29)30/h1-11,14,28H,12-13,15-16H2,(H,29,30). The maximum atomic E-state index is 13.7. The van der Waals surface area contributed by atoms with E-state index in [0.29, 0.717) is 24.4 Å². The number of hydrogen-bond donors (Lipinski definition) is 2. The molecule has 0 aromatic heterocycles. The number of nitrogens with one attached hydrogen (secondary N) is 1. The average Bonchev–Trinajstić information content (AvgIpc) is 2.76. The highest BCUT2D eigenvalue weighted by atomic mass is 32.2. The number of halogens is 3. The molecule has 0 heterocycles. The van der Waals surface area contributed by atoms with Crippen molar-refractivity contribution in [2.45, 2.75) is 29.8 Å². The fourth-order valence-electron chi connectivity index (χ4n) is 3.03. The average molecular weight is 446 g/mol. The van der Waals surface area contributed by atoms with Crippen molar-refractivity contribution in [3.05, 3.63) is 89.5 Å². The fourth-order valence-corrected chi connectivity index (χ4v) is 4.04. The summed E-state index contributed by atoms with van der Waals surface area (Å²) in [5.41, 5.74) is 2.56. The summed E-state index contributed by atoms with van der Waals surface area (Å²) in [4.78, 5) is 10.7. The molecule has 0 saturated carbocycles. The zero-order valence-corrected chi connectivity index (χ0v) is 17.5. The molecule has 7 heteroatoms. The molecule has 0 aliphatic carbocycles. The van der Waals surface area contributed by atoms with E-state index in [-0.39, 0.29) is 11.3 Å². The van der Waals surface area contributed by atoms with Crippen molar-refractivity contribution in [2.24, 2.45) is 0 Å². The van der Waals surface area contributed by atoms with Crippen LogP contribution in [0.4, 0.5) is 13.2 Å². The molecule has 0 atom stereocenters. The lowest BCUT2D eigenvalue weighted by molar-refractivity contribution is -0.140. The molecular formula is C24H22F3NO2S. The molecule has 162 valence electrons. The molecule has 0 aliphatic rings. The van der Waals surface area contributed by atoms with Crippen molar-refractivity contribution in [2.75, 3.05) is 6.54 Å². The molecule has 0 fully saturated rings. The van der Waals surface area contributed by atoms with E-state index in [4.69, 9.17) is 5.11 Å². The monoisotopic (exact) mass is 445 g/mol. The first-order chi connectivity index (χ1) is 14.8. The molecule has 0 radical (unpaired) electrons. The minimum absolute atomic E-state index is 0.0549. The van der Waals surface area contributed by atoms with Gasteiger partial charge in [0.1, 0.15) is 0 Å². The number of rotatable bonds is 9. The summed E-state index contributed by atoms with van der Waals surface area (Å²) in [5.74, 6) is -0.435. The molecule has 0 spiro atoms. The molecule has 3 rings (SSSR count). The van der Waals surface area contributed by atoms with E-state index < -0.39 is 17.7 Å². The number of thioether (sulfide) groups is 1. The van der Waals surface area contributed by atoms with Gasteiger partial charge in [-0.05, 0) is 34.4 Å². The predicted octanol–water partition coefficient (Wildman–Crippen LogP) is 6.23. The summed E-state index contributed by atoms with van der Waals surface area (Å²) >= 11 is 1.16. The van der Waals surface area contributed by atoms with E-state index in [1.807, 2.05) is 30.3 Å². The van der Waals surface area contributed by atoms with Gasteiger partial charge in [-0.3, -0.25) is 4.79 Å². The molecule has 0 saturated heterocycles. The SMILES string of the molecule is O=C(O)CCNCc1ccc(CSc2ccc(-c3ccccc3)cc2C(F)(F)F)cc1. The van der Waals surface area contributed by atoms with Gasteiger partial charge < -0.3 is 10.4 Å². The minimum Gasteiger partial charge on any atom is -0.481 e. The van der Waals surface area contributed by atoms with E-state index in [1.165, 1.54) is 12.1 Å². The normalized spacial score (nSPS) is 11.5. The van der Waals surface area contributed by atoms with Crippen LogP contribution in [0.15, 0.2) is 77.7 Å². The lowest BCUT2D eigenvalue weighted by atomic mass is 10.0. The largest absolute Gasteiger partial charge is 0.481 e. The van der Waals surface area contributed by atoms with Gasteiger partial charge in [-0.1, -0.05) is 60.7 Å². The third-order valence-electron chi connectivity index (χ3n) is 4.65. The van der Waals surface area contributed by atoms with Gasteiger partial charge in [0.15, 0.2) is 0 Å². The van der Waals surface area contributed by atoms with Crippen LogP contribution in [0.1, 0.15) is 23.1 Å². The number of hydrogen-bond acceptors (Lipinski definition) is 3. The van der Waals surface area contributed by atoms with Crippen LogP contribution in [0.2, 0.25) is 0 Å². The molecule has 0 amide bonds. The molecule has 3 nitrogen and oxygen atoms in total. The van der Waals surface area contributed by atoms with E-state index in [2.05, 4.69) is 5.32 Å². The Morgan fingerprint density at radius 3 is 2.23 bits per heavy atom. The van der Waals surface area contributed by atoms with Crippen LogP contribution >= 0.6 is 11.8 Å². The molecule has 3 aromatic rings. The highest BCUT2D eigenvalue weighted by Gasteiger charge is 2.33. The molecule has 0 unspecified atom stereocenters. The van der Waals surface area contributed by atoms with Crippen LogP contribution in [0.5, 0.6) is 0 Å².